The Labute approximate surface area is 113 Å². The van der Waals surface area contributed by atoms with Crippen molar-refractivity contribution in [2.45, 2.75) is 31.5 Å². The van der Waals surface area contributed by atoms with E-state index in [0.717, 1.165) is 5.56 Å². The smallest absolute Gasteiger partial charge is 0.383 e. The van der Waals surface area contributed by atoms with Gasteiger partial charge in [-0.3, -0.25) is 0 Å². The van der Waals surface area contributed by atoms with Crippen LogP contribution < -0.4 is 0 Å². The molecule has 0 saturated heterocycles. The average Bonchev–Trinajstić information content (AvgIpc) is 2.84. The largest absolute Gasteiger partial charge is 0.414 e. The molecule has 4 nitrogen and oxygen atoms in total. The summed E-state index contributed by atoms with van der Waals surface area (Å²) in [5, 5.41) is 12.5. The molecule has 0 amide bonds. The van der Waals surface area contributed by atoms with E-state index in [9.17, 15) is 13.2 Å². The van der Waals surface area contributed by atoms with Gasteiger partial charge in [0.15, 0.2) is 11.9 Å². The summed E-state index contributed by atoms with van der Waals surface area (Å²) < 4.78 is 41.2. The molecule has 20 heavy (non-hydrogen) atoms. The first-order valence-corrected chi connectivity index (χ1v) is 6.05. The van der Waals surface area contributed by atoms with Crippen molar-refractivity contribution in [1.82, 2.24) is 10.1 Å². The lowest BCUT2D eigenvalue weighted by molar-refractivity contribution is -0.204. The van der Waals surface area contributed by atoms with Crippen molar-refractivity contribution in [2.75, 3.05) is 0 Å². The van der Waals surface area contributed by atoms with Crippen molar-refractivity contribution in [3.8, 4) is 0 Å². The summed E-state index contributed by atoms with van der Waals surface area (Å²) in [7, 11) is 0. The van der Waals surface area contributed by atoms with Crippen LogP contribution in [0.5, 0.6) is 0 Å². The summed E-state index contributed by atoms with van der Waals surface area (Å²) in [6.45, 7) is 0. The maximum atomic E-state index is 12.2. The molecule has 1 N–H and O–H groups in total. The van der Waals surface area contributed by atoms with E-state index in [1.165, 1.54) is 0 Å². The number of hydrogen-bond acceptors (Lipinski definition) is 4. The van der Waals surface area contributed by atoms with Crippen molar-refractivity contribution in [3.05, 3.63) is 47.6 Å². The van der Waals surface area contributed by atoms with E-state index < -0.39 is 18.7 Å². The molecular formula is C13H13F3N2O2. The maximum Gasteiger partial charge on any atom is 0.414 e. The maximum absolute atomic E-state index is 12.2. The van der Waals surface area contributed by atoms with Crippen LogP contribution in [0, 0.1) is 0 Å². The Hall–Kier alpha value is -1.89. The second kappa shape index (κ2) is 6.04. The number of benzene rings is 1. The number of aryl methyl sites for hydroxylation is 2. The van der Waals surface area contributed by atoms with Crippen LogP contribution >= 0.6 is 0 Å². The Morgan fingerprint density at radius 2 is 1.85 bits per heavy atom. The lowest BCUT2D eigenvalue weighted by Gasteiger charge is -2.11. The molecule has 2 aromatic rings. The standard InChI is InChI=1S/C13H13F3N2O2/c14-13(15,16)10(19)8-12-17-11(18-20-12)7-6-9-4-2-1-3-5-9/h1-5,10,19H,6-8H2. The third-order valence-electron chi connectivity index (χ3n) is 2.74. The van der Waals surface area contributed by atoms with E-state index in [0.29, 0.717) is 18.7 Å². The average molecular weight is 286 g/mol. The van der Waals surface area contributed by atoms with Gasteiger partial charge < -0.3 is 9.63 Å². The number of aliphatic hydroxyl groups excluding tert-OH is 1. The van der Waals surface area contributed by atoms with Gasteiger partial charge in [-0.15, -0.1) is 0 Å². The first kappa shape index (κ1) is 14.5. The van der Waals surface area contributed by atoms with Gasteiger partial charge in [0.2, 0.25) is 5.89 Å². The zero-order chi connectivity index (χ0) is 14.6. The quantitative estimate of drug-likeness (QED) is 0.916. The Bertz CT molecular complexity index is 540. The molecule has 0 aliphatic rings. The number of alkyl halides is 3. The monoisotopic (exact) mass is 286 g/mol. The van der Waals surface area contributed by atoms with Crippen LogP contribution in [0.15, 0.2) is 34.9 Å². The first-order valence-electron chi connectivity index (χ1n) is 6.05. The molecule has 1 aromatic heterocycles. The summed E-state index contributed by atoms with van der Waals surface area (Å²) in [6.07, 6.45) is -6.75. The van der Waals surface area contributed by atoms with Gasteiger partial charge in [0.1, 0.15) is 0 Å². The molecule has 0 radical (unpaired) electrons. The van der Waals surface area contributed by atoms with E-state index in [-0.39, 0.29) is 5.89 Å². The van der Waals surface area contributed by atoms with Gasteiger partial charge >= 0.3 is 6.18 Å². The van der Waals surface area contributed by atoms with E-state index in [1.54, 1.807) is 0 Å². The molecule has 7 heteroatoms. The Morgan fingerprint density at radius 1 is 1.15 bits per heavy atom. The normalized spacial score (nSPS) is 13.4. The van der Waals surface area contributed by atoms with E-state index in [2.05, 4.69) is 10.1 Å². The minimum atomic E-state index is -4.68. The number of halogens is 3. The van der Waals surface area contributed by atoms with Gasteiger partial charge in [0.05, 0.1) is 6.42 Å². The number of rotatable bonds is 5. The highest BCUT2D eigenvalue weighted by Gasteiger charge is 2.39. The fourth-order valence-electron chi connectivity index (χ4n) is 1.66. The van der Waals surface area contributed by atoms with Gasteiger partial charge in [0.25, 0.3) is 0 Å². The fraction of sp³-hybridized carbons (Fsp3) is 0.385. The summed E-state index contributed by atoms with van der Waals surface area (Å²) in [5.74, 6) is 0.121. The van der Waals surface area contributed by atoms with Crippen molar-refractivity contribution < 1.29 is 22.8 Å². The second-order valence-electron chi connectivity index (χ2n) is 4.35. The summed E-state index contributed by atoms with van der Waals surface area (Å²) in [4.78, 5) is 3.84. The molecule has 1 heterocycles. The van der Waals surface area contributed by atoms with Crippen molar-refractivity contribution >= 4 is 0 Å². The summed E-state index contributed by atoms with van der Waals surface area (Å²) in [5.41, 5.74) is 1.08. The van der Waals surface area contributed by atoms with Gasteiger partial charge in [-0.25, -0.2) is 0 Å². The Balaban J connectivity index is 1.89. The predicted molar refractivity (Wildman–Crippen MR) is 63.9 cm³/mol. The summed E-state index contributed by atoms with van der Waals surface area (Å²) in [6, 6.07) is 9.57. The van der Waals surface area contributed by atoms with Gasteiger partial charge in [0, 0.05) is 6.42 Å². The van der Waals surface area contributed by atoms with E-state index in [4.69, 9.17) is 9.63 Å². The Kier molecular flexibility index (Phi) is 4.39. The zero-order valence-electron chi connectivity index (χ0n) is 10.5. The van der Waals surface area contributed by atoms with Crippen molar-refractivity contribution in [1.29, 1.82) is 0 Å². The molecule has 0 spiro atoms. The van der Waals surface area contributed by atoms with E-state index in [1.807, 2.05) is 30.3 Å². The third kappa shape index (κ3) is 4.06. The topological polar surface area (TPSA) is 59.2 Å². The van der Waals surface area contributed by atoms with Crippen LogP contribution in [-0.4, -0.2) is 27.5 Å². The molecular weight excluding hydrogens is 273 g/mol. The third-order valence-corrected chi connectivity index (χ3v) is 2.74. The molecule has 1 atom stereocenters. The summed E-state index contributed by atoms with van der Waals surface area (Å²) >= 11 is 0. The van der Waals surface area contributed by atoms with Crippen LogP contribution in [0.2, 0.25) is 0 Å². The Morgan fingerprint density at radius 3 is 2.50 bits per heavy atom. The molecule has 0 aliphatic heterocycles. The van der Waals surface area contributed by atoms with Crippen LogP contribution in [0.3, 0.4) is 0 Å². The minimum Gasteiger partial charge on any atom is -0.383 e. The molecule has 2 rings (SSSR count). The minimum absolute atomic E-state index is 0.210. The number of aromatic nitrogens is 2. The molecule has 1 aromatic carbocycles. The van der Waals surface area contributed by atoms with Gasteiger partial charge in [-0.1, -0.05) is 35.5 Å². The van der Waals surface area contributed by atoms with Crippen LogP contribution in [0.4, 0.5) is 13.2 Å². The molecule has 0 fully saturated rings. The molecule has 0 aliphatic carbocycles. The SMILES string of the molecule is OC(Cc1nc(CCc2ccccc2)no1)C(F)(F)F. The fourth-order valence-corrected chi connectivity index (χ4v) is 1.66. The molecule has 1 unspecified atom stereocenters. The number of nitrogens with zero attached hydrogens (tertiary/aromatic N) is 2. The van der Waals surface area contributed by atoms with Crippen LogP contribution in [-0.2, 0) is 19.3 Å². The second-order valence-corrected chi connectivity index (χ2v) is 4.35. The first-order chi connectivity index (χ1) is 9.45. The van der Waals surface area contributed by atoms with E-state index >= 15 is 0 Å². The lowest BCUT2D eigenvalue weighted by atomic mass is 10.1. The molecule has 0 bridgehead atoms. The molecule has 0 saturated carbocycles. The predicted octanol–water partition coefficient (Wildman–Crippen LogP) is 2.32. The zero-order valence-corrected chi connectivity index (χ0v) is 10.5. The number of hydrogen-bond donors (Lipinski definition) is 1. The highest BCUT2D eigenvalue weighted by molar-refractivity contribution is 5.15. The van der Waals surface area contributed by atoms with Gasteiger partial charge in [-0.05, 0) is 12.0 Å². The number of aliphatic hydroxyl groups is 1. The van der Waals surface area contributed by atoms with Crippen LogP contribution in [0.25, 0.3) is 0 Å². The highest BCUT2D eigenvalue weighted by Crippen LogP contribution is 2.22. The highest BCUT2D eigenvalue weighted by atomic mass is 19.4. The van der Waals surface area contributed by atoms with Crippen molar-refractivity contribution in [3.63, 3.8) is 0 Å². The van der Waals surface area contributed by atoms with Crippen LogP contribution in [0.1, 0.15) is 17.3 Å². The lowest BCUT2D eigenvalue weighted by Crippen LogP contribution is -2.30. The molecule has 108 valence electrons. The van der Waals surface area contributed by atoms with Crippen molar-refractivity contribution in [2.24, 2.45) is 0 Å². The van der Waals surface area contributed by atoms with Gasteiger partial charge in [-0.2, -0.15) is 18.2 Å².